The van der Waals surface area contributed by atoms with Gasteiger partial charge in [-0.3, -0.25) is 0 Å². The summed E-state index contributed by atoms with van der Waals surface area (Å²) in [6.45, 7) is 5.70. The lowest BCUT2D eigenvalue weighted by molar-refractivity contribution is 0.191. The summed E-state index contributed by atoms with van der Waals surface area (Å²) < 4.78 is 0. The van der Waals surface area contributed by atoms with Crippen LogP contribution in [-0.4, -0.2) is 17.2 Å². The Balaban J connectivity index is 0.000000325. The van der Waals surface area contributed by atoms with Gasteiger partial charge in [0, 0.05) is 11.1 Å². The average molecular weight is 258 g/mol. The van der Waals surface area contributed by atoms with Gasteiger partial charge in [0.1, 0.15) is 0 Å². The third kappa shape index (κ3) is 8.57. The zero-order chi connectivity index (χ0) is 13.3. The van der Waals surface area contributed by atoms with E-state index in [9.17, 15) is 4.79 Å². The van der Waals surface area contributed by atoms with Crippen LogP contribution in [0.3, 0.4) is 0 Å². The minimum absolute atomic E-state index is 0.0255. The van der Waals surface area contributed by atoms with Gasteiger partial charge < -0.3 is 10.4 Å². The number of hydrogen-bond donors (Lipinski definition) is 2. The maximum absolute atomic E-state index is 9.70. The molecule has 1 amide bonds. The number of carbonyl (C=O) groups is 1. The molecule has 0 aliphatic carbocycles. The second-order valence-electron chi connectivity index (χ2n) is 3.95. The summed E-state index contributed by atoms with van der Waals surface area (Å²) in [5.41, 5.74) is 1.26. The Kier molecular flexibility index (Phi) is 8.24. The molecule has 0 saturated carbocycles. The molecule has 0 unspecified atom stereocenters. The van der Waals surface area contributed by atoms with Gasteiger partial charge in [-0.15, -0.1) is 0 Å². The lowest BCUT2D eigenvalue weighted by atomic mass is 10.1. The molecule has 0 fully saturated rings. The Morgan fingerprint density at radius 3 is 2.35 bits per heavy atom. The van der Waals surface area contributed by atoms with Gasteiger partial charge in [-0.2, -0.15) is 0 Å². The summed E-state index contributed by atoms with van der Waals surface area (Å²) in [5, 5.41) is 11.1. The third-order valence-electron chi connectivity index (χ3n) is 1.89. The second kappa shape index (κ2) is 8.88. The number of amides is 1. The zero-order valence-corrected chi connectivity index (χ0v) is 11.3. The Labute approximate surface area is 108 Å². The fourth-order valence-electron chi connectivity index (χ4n) is 1.22. The van der Waals surface area contributed by atoms with E-state index in [0.29, 0.717) is 0 Å². The maximum Gasteiger partial charge on any atom is 0.404 e. The monoisotopic (exact) mass is 257 g/mol. The Morgan fingerprint density at radius 1 is 1.41 bits per heavy atom. The molecule has 2 N–H and O–H groups in total. The van der Waals surface area contributed by atoms with Crippen molar-refractivity contribution < 1.29 is 9.90 Å². The molecule has 0 heterocycles. The largest absolute Gasteiger partial charge is 0.465 e. The number of carboxylic acid groups (broad SMARTS) is 1. The highest BCUT2D eigenvalue weighted by molar-refractivity contribution is 6.31. The van der Waals surface area contributed by atoms with Crippen LogP contribution in [-0.2, 0) is 6.42 Å². The molecule has 0 aliphatic rings. The number of benzene rings is 1. The zero-order valence-electron chi connectivity index (χ0n) is 10.5. The van der Waals surface area contributed by atoms with Gasteiger partial charge in [-0.25, -0.2) is 4.79 Å². The van der Waals surface area contributed by atoms with Gasteiger partial charge in [0.05, 0.1) is 0 Å². The molecule has 0 radical (unpaired) electrons. The van der Waals surface area contributed by atoms with E-state index >= 15 is 0 Å². The van der Waals surface area contributed by atoms with Crippen molar-refractivity contribution in [3.63, 3.8) is 0 Å². The normalized spacial score (nSPS) is 9.47. The molecule has 96 valence electrons. The van der Waals surface area contributed by atoms with E-state index in [0.717, 1.165) is 17.9 Å². The Hall–Kier alpha value is -1.22. The van der Waals surface area contributed by atoms with Gasteiger partial charge in [0.25, 0.3) is 0 Å². The molecule has 0 aliphatic heterocycles. The predicted octanol–water partition coefficient (Wildman–Crippen LogP) is 3.95. The van der Waals surface area contributed by atoms with E-state index in [1.807, 2.05) is 18.2 Å². The number of halogens is 1. The number of rotatable bonds is 3. The third-order valence-corrected chi connectivity index (χ3v) is 2.26. The van der Waals surface area contributed by atoms with Crippen molar-refractivity contribution >= 4 is 17.7 Å². The van der Waals surface area contributed by atoms with Gasteiger partial charge in [0.15, 0.2) is 0 Å². The number of hydrogen-bond acceptors (Lipinski definition) is 1. The van der Waals surface area contributed by atoms with Crippen molar-refractivity contribution in [1.29, 1.82) is 0 Å². The molecule has 0 aromatic heterocycles. The number of aryl methyl sites for hydroxylation is 1. The van der Waals surface area contributed by atoms with Crippen molar-refractivity contribution in [1.82, 2.24) is 5.32 Å². The summed E-state index contributed by atoms with van der Waals surface area (Å²) in [4.78, 5) is 9.70. The topological polar surface area (TPSA) is 49.3 Å². The van der Waals surface area contributed by atoms with E-state index in [4.69, 9.17) is 16.7 Å². The van der Waals surface area contributed by atoms with Crippen LogP contribution < -0.4 is 5.32 Å². The molecule has 1 rings (SSSR count). The first-order valence-corrected chi connectivity index (χ1v) is 6.08. The van der Waals surface area contributed by atoms with Gasteiger partial charge in [0.2, 0.25) is 0 Å². The molecule has 0 bridgehead atoms. The summed E-state index contributed by atoms with van der Waals surface area (Å²) in [6, 6.07) is 8.02. The van der Waals surface area contributed by atoms with Crippen LogP contribution in [0.5, 0.6) is 0 Å². The summed E-state index contributed by atoms with van der Waals surface area (Å²) in [6.07, 6.45) is 1.28. The first kappa shape index (κ1) is 15.8. The van der Waals surface area contributed by atoms with Gasteiger partial charge in [-0.05, 0) is 31.9 Å². The standard InChI is InChI=1S/C9H11Cl.C4H9NO2/c1-2-5-8-6-3-4-7-9(8)10;1-3(2)5-4(6)7/h3-4,6-7H,2,5H2,1H3;3,5H,1-2H3,(H,6,7). The van der Waals surface area contributed by atoms with Crippen molar-refractivity contribution in [3.8, 4) is 0 Å². The molecule has 4 heteroatoms. The van der Waals surface area contributed by atoms with E-state index in [1.165, 1.54) is 5.56 Å². The summed E-state index contributed by atoms with van der Waals surface area (Å²) >= 11 is 5.90. The van der Waals surface area contributed by atoms with E-state index in [-0.39, 0.29) is 6.04 Å². The lowest BCUT2D eigenvalue weighted by Crippen LogP contribution is -2.27. The van der Waals surface area contributed by atoms with Crippen LogP contribution in [0.1, 0.15) is 32.8 Å². The minimum Gasteiger partial charge on any atom is -0.465 e. The van der Waals surface area contributed by atoms with E-state index in [2.05, 4.69) is 18.3 Å². The first-order valence-electron chi connectivity index (χ1n) is 5.70. The number of nitrogens with one attached hydrogen (secondary N) is 1. The molecule has 0 atom stereocenters. The molecule has 1 aromatic rings. The average Bonchev–Trinajstić information content (AvgIpc) is 2.20. The lowest BCUT2D eigenvalue weighted by Gasteiger charge is -2.00. The molecule has 0 spiro atoms. The fraction of sp³-hybridized carbons (Fsp3) is 0.462. The quantitative estimate of drug-likeness (QED) is 0.861. The van der Waals surface area contributed by atoms with E-state index < -0.39 is 6.09 Å². The van der Waals surface area contributed by atoms with Crippen molar-refractivity contribution in [3.05, 3.63) is 34.9 Å². The summed E-state index contributed by atoms with van der Waals surface area (Å²) in [7, 11) is 0. The molecule has 0 saturated heterocycles. The van der Waals surface area contributed by atoms with Crippen LogP contribution in [0.2, 0.25) is 5.02 Å². The van der Waals surface area contributed by atoms with Crippen molar-refractivity contribution in [2.45, 2.75) is 39.7 Å². The first-order chi connectivity index (χ1) is 7.97. The van der Waals surface area contributed by atoms with Crippen LogP contribution >= 0.6 is 11.6 Å². The maximum atomic E-state index is 9.70. The van der Waals surface area contributed by atoms with Crippen LogP contribution in [0.25, 0.3) is 0 Å². The Morgan fingerprint density at radius 2 is 2.00 bits per heavy atom. The molecular formula is C13H20ClNO2. The van der Waals surface area contributed by atoms with Crippen molar-refractivity contribution in [2.75, 3.05) is 0 Å². The van der Waals surface area contributed by atoms with E-state index in [1.54, 1.807) is 13.8 Å². The fourth-order valence-corrected chi connectivity index (χ4v) is 1.45. The SMILES string of the molecule is CC(C)NC(=O)O.CCCc1ccccc1Cl. The summed E-state index contributed by atoms with van der Waals surface area (Å²) in [5.74, 6) is 0. The molecule has 1 aromatic carbocycles. The predicted molar refractivity (Wildman–Crippen MR) is 71.7 cm³/mol. The molecule has 3 nitrogen and oxygen atoms in total. The molecular weight excluding hydrogens is 238 g/mol. The van der Waals surface area contributed by atoms with Gasteiger partial charge in [-0.1, -0.05) is 43.1 Å². The Bertz CT molecular complexity index is 340. The van der Waals surface area contributed by atoms with Gasteiger partial charge >= 0.3 is 6.09 Å². The smallest absolute Gasteiger partial charge is 0.404 e. The van der Waals surface area contributed by atoms with Crippen molar-refractivity contribution in [2.24, 2.45) is 0 Å². The molecule has 17 heavy (non-hydrogen) atoms. The second-order valence-corrected chi connectivity index (χ2v) is 4.35. The van der Waals surface area contributed by atoms with Crippen LogP contribution in [0.15, 0.2) is 24.3 Å². The highest BCUT2D eigenvalue weighted by Gasteiger charge is 1.95. The van der Waals surface area contributed by atoms with Crippen LogP contribution in [0.4, 0.5) is 4.79 Å². The highest BCUT2D eigenvalue weighted by atomic mass is 35.5. The minimum atomic E-state index is -0.963. The highest BCUT2D eigenvalue weighted by Crippen LogP contribution is 2.15. The van der Waals surface area contributed by atoms with Crippen LogP contribution in [0, 0.1) is 0 Å².